The van der Waals surface area contributed by atoms with Crippen molar-refractivity contribution in [3.8, 4) is 0 Å². The fourth-order valence-electron chi connectivity index (χ4n) is 4.96. The van der Waals surface area contributed by atoms with Crippen LogP contribution >= 0.6 is 18.0 Å². The van der Waals surface area contributed by atoms with E-state index in [2.05, 4.69) is 47.5 Å². The molecule has 4 atom stereocenters. The lowest BCUT2D eigenvalue weighted by atomic mass is 9.88. The van der Waals surface area contributed by atoms with E-state index in [1.807, 2.05) is 36.4 Å². The molecule has 2 aromatic carbocycles. The standard InChI is InChI=1S/C22H28ClN2OP/c1-17(19-11-5-3-6-12-19)24-21-15-9-10-16-22(21)25(27(24,23)26)18(2)20-13-7-4-8-14-20/h3-8,11-14,17-18,21-22H,9-10,15-16H2,1-2H3/t17-,18-,21+,22+/m1/s1. The van der Waals surface area contributed by atoms with Crippen molar-refractivity contribution in [2.45, 2.75) is 63.7 Å². The maximum absolute atomic E-state index is 14.1. The van der Waals surface area contributed by atoms with Gasteiger partial charge in [-0.1, -0.05) is 73.5 Å². The summed E-state index contributed by atoms with van der Waals surface area (Å²) >= 11 is 6.97. The molecule has 27 heavy (non-hydrogen) atoms. The first-order chi connectivity index (χ1) is 13.0. The highest BCUT2D eigenvalue weighted by atomic mass is 35.7. The second-order valence-electron chi connectivity index (χ2n) is 7.83. The van der Waals surface area contributed by atoms with Gasteiger partial charge in [-0.25, -0.2) is 9.34 Å². The van der Waals surface area contributed by atoms with Crippen molar-refractivity contribution in [2.75, 3.05) is 0 Å². The van der Waals surface area contributed by atoms with Crippen LogP contribution in [0.2, 0.25) is 0 Å². The Bertz CT molecular complexity index is 750. The molecule has 1 aliphatic carbocycles. The summed E-state index contributed by atoms with van der Waals surface area (Å²) in [5.41, 5.74) is 2.36. The monoisotopic (exact) mass is 402 g/mol. The van der Waals surface area contributed by atoms with Gasteiger partial charge in [0.2, 0.25) is 0 Å². The van der Waals surface area contributed by atoms with E-state index < -0.39 is 6.80 Å². The second-order valence-corrected chi connectivity index (χ2v) is 11.0. The molecule has 1 heterocycles. The second kappa shape index (κ2) is 7.72. The van der Waals surface area contributed by atoms with Crippen molar-refractivity contribution in [2.24, 2.45) is 0 Å². The number of fused-ring (bicyclic) bond motifs is 1. The molecule has 1 aliphatic heterocycles. The van der Waals surface area contributed by atoms with E-state index in [0.29, 0.717) is 0 Å². The molecule has 0 aromatic heterocycles. The first kappa shape index (κ1) is 19.2. The number of nitrogens with zero attached hydrogens (tertiary/aromatic N) is 2. The summed E-state index contributed by atoms with van der Waals surface area (Å²) in [6.07, 6.45) is 4.50. The minimum atomic E-state index is -3.17. The van der Waals surface area contributed by atoms with Gasteiger partial charge in [-0.15, -0.1) is 0 Å². The van der Waals surface area contributed by atoms with E-state index in [1.54, 1.807) is 0 Å². The average molecular weight is 403 g/mol. The molecule has 0 N–H and O–H groups in total. The minimum absolute atomic E-state index is 0.0353. The maximum Gasteiger partial charge on any atom is 0.306 e. The van der Waals surface area contributed by atoms with E-state index in [-0.39, 0.29) is 24.2 Å². The lowest BCUT2D eigenvalue weighted by molar-refractivity contribution is 0.166. The van der Waals surface area contributed by atoms with Crippen molar-refractivity contribution < 1.29 is 4.57 Å². The van der Waals surface area contributed by atoms with Gasteiger partial charge in [0, 0.05) is 24.2 Å². The highest BCUT2D eigenvalue weighted by Crippen LogP contribution is 2.71. The molecule has 0 bridgehead atoms. The minimum Gasteiger partial charge on any atom is -0.271 e. The predicted octanol–water partition coefficient (Wildman–Crippen LogP) is 6.78. The smallest absolute Gasteiger partial charge is 0.271 e. The van der Waals surface area contributed by atoms with E-state index in [1.165, 1.54) is 24.0 Å². The Morgan fingerprint density at radius 3 is 1.56 bits per heavy atom. The first-order valence-corrected chi connectivity index (χ1v) is 12.5. The maximum atomic E-state index is 14.1. The number of halogens is 1. The van der Waals surface area contributed by atoms with Crippen LogP contribution in [-0.2, 0) is 4.57 Å². The van der Waals surface area contributed by atoms with Gasteiger partial charge in [0.15, 0.2) is 0 Å². The summed E-state index contributed by atoms with van der Waals surface area (Å²) in [6.45, 7) is 1.12. The SMILES string of the molecule is C[C@H](c1ccccc1)N1[C@H]2CCCC[C@@H]2N([C@H](C)c2ccccc2)P1(=O)Cl. The molecular formula is C22H28ClN2OP. The quantitative estimate of drug-likeness (QED) is 0.526. The molecule has 2 aliphatic rings. The van der Waals surface area contributed by atoms with E-state index in [9.17, 15) is 4.57 Å². The molecule has 2 aromatic rings. The van der Waals surface area contributed by atoms with Gasteiger partial charge in [-0.05, 0) is 49.1 Å². The topological polar surface area (TPSA) is 23.6 Å². The molecule has 4 rings (SSSR count). The molecule has 5 heteroatoms. The Hall–Kier alpha value is -1.12. The zero-order valence-corrected chi connectivity index (χ0v) is 17.7. The largest absolute Gasteiger partial charge is 0.306 e. The summed E-state index contributed by atoms with van der Waals surface area (Å²) in [5.74, 6) is 0. The van der Waals surface area contributed by atoms with Crippen molar-refractivity contribution in [3.05, 3.63) is 71.8 Å². The number of hydrogen-bond donors (Lipinski definition) is 0. The van der Waals surface area contributed by atoms with Gasteiger partial charge in [-0.3, -0.25) is 4.57 Å². The molecule has 1 saturated heterocycles. The van der Waals surface area contributed by atoms with Crippen molar-refractivity contribution >= 4 is 18.0 Å². The predicted molar refractivity (Wildman–Crippen MR) is 113 cm³/mol. The number of benzene rings is 2. The summed E-state index contributed by atoms with van der Waals surface area (Å²) in [7, 11) is 0. The highest BCUT2D eigenvalue weighted by Gasteiger charge is 2.57. The Labute approximate surface area is 167 Å². The van der Waals surface area contributed by atoms with E-state index in [0.717, 1.165) is 12.8 Å². The fourth-order valence-corrected chi connectivity index (χ4v) is 9.05. The molecule has 144 valence electrons. The van der Waals surface area contributed by atoms with Crippen LogP contribution in [0.1, 0.15) is 62.7 Å². The Kier molecular flexibility index (Phi) is 5.49. The summed E-state index contributed by atoms with van der Waals surface area (Å²) in [5, 5.41) is 0. The van der Waals surface area contributed by atoms with Crippen LogP contribution in [0.4, 0.5) is 0 Å². The molecule has 1 saturated carbocycles. The Balaban J connectivity index is 1.73. The normalized spacial score (nSPS) is 27.8. The lowest BCUT2D eigenvalue weighted by Gasteiger charge is -2.34. The molecule has 0 unspecified atom stereocenters. The van der Waals surface area contributed by atoms with Gasteiger partial charge in [0.1, 0.15) is 0 Å². The summed E-state index contributed by atoms with van der Waals surface area (Å²) < 4.78 is 18.4. The van der Waals surface area contributed by atoms with Gasteiger partial charge < -0.3 is 0 Å². The average Bonchev–Trinajstić information content (AvgIpc) is 2.94. The van der Waals surface area contributed by atoms with Crippen LogP contribution < -0.4 is 0 Å². The van der Waals surface area contributed by atoms with Crippen LogP contribution in [0.3, 0.4) is 0 Å². The number of rotatable bonds is 4. The Morgan fingerprint density at radius 2 is 1.19 bits per heavy atom. The van der Waals surface area contributed by atoms with E-state index >= 15 is 0 Å². The van der Waals surface area contributed by atoms with E-state index in [4.69, 9.17) is 11.2 Å². The molecule has 3 nitrogen and oxygen atoms in total. The zero-order valence-electron chi connectivity index (χ0n) is 16.0. The van der Waals surface area contributed by atoms with Crippen molar-refractivity contribution in [3.63, 3.8) is 0 Å². The fraction of sp³-hybridized carbons (Fsp3) is 0.455. The van der Waals surface area contributed by atoms with Crippen LogP contribution in [0.5, 0.6) is 0 Å². The third kappa shape index (κ3) is 3.40. The summed E-state index contributed by atoms with van der Waals surface area (Å²) in [4.78, 5) is 0. The first-order valence-electron chi connectivity index (χ1n) is 9.99. The molecule has 0 amide bonds. The zero-order chi connectivity index (χ0) is 19.0. The van der Waals surface area contributed by atoms with Crippen LogP contribution in [0.25, 0.3) is 0 Å². The van der Waals surface area contributed by atoms with Gasteiger partial charge in [0.25, 0.3) is 0 Å². The van der Waals surface area contributed by atoms with Crippen molar-refractivity contribution in [1.29, 1.82) is 0 Å². The van der Waals surface area contributed by atoms with Gasteiger partial charge >= 0.3 is 6.80 Å². The van der Waals surface area contributed by atoms with Crippen LogP contribution in [-0.4, -0.2) is 21.4 Å². The lowest BCUT2D eigenvalue weighted by Crippen LogP contribution is -2.41. The third-order valence-electron chi connectivity index (χ3n) is 6.30. The highest BCUT2D eigenvalue weighted by molar-refractivity contribution is 7.85. The molecule has 2 fully saturated rings. The van der Waals surface area contributed by atoms with Gasteiger partial charge in [-0.2, -0.15) is 0 Å². The number of hydrogen-bond acceptors (Lipinski definition) is 1. The molecular weight excluding hydrogens is 375 g/mol. The Morgan fingerprint density at radius 1 is 0.815 bits per heavy atom. The third-order valence-corrected chi connectivity index (χ3v) is 9.77. The summed E-state index contributed by atoms with van der Waals surface area (Å²) in [6, 6.07) is 21.3. The van der Waals surface area contributed by atoms with Crippen LogP contribution in [0.15, 0.2) is 60.7 Å². The molecule has 0 radical (unpaired) electrons. The molecule has 0 spiro atoms. The van der Waals surface area contributed by atoms with Crippen LogP contribution in [0, 0.1) is 0 Å². The van der Waals surface area contributed by atoms with Crippen molar-refractivity contribution in [1.82, 2.24) is 9.34 Å². The van der Waals surface area contributed by atoms with Gasteiger partial charge in [0.05, 0.1) is 0 Å².